The molecule has 0 saturated carbocycles. The van der Waals surface area contributed by atoms with E-state index in [2.05, 4.69) is 11.1 Å². The second-order valence-corrected chi connectivity index (χ2v) is 4.32. The fourth-order valence-electron chi connectivity index (χ4n) is 1.85. The second kappa shape index (κ2) is 6.69. The molecular weight excluding hydrogens is 238 g/mol. The van der Waals surface area contributed by atoms with Crippen molar-refractivity contribution in [2.45, 2.75) is 26.4 Å². The van der Waals surface area contributed by atoms with Crippen LogP contribution in [0.5, 0.6) is 0 Å². The van der Waals surface area contributed by atoms with E-state index in [-0.39, 0.29) is 5.97 Å². The molecule has 2 aromatic rings. The van der Waals surface area contributed by atoms with Gasteiger partial charge in [-0.15, -0.1) is 0 Å². The van der Waals surface area contributed by atoms with Crippen molar-refractivity contribution >= 4 is 5.97 Å². The summed E-state index contributed by atoms with van der Waals surface area (Å²) in [5, 5.41) is 0. The van der Waals surface area contributed by atoms with Crippen LogP contribution in [0.15, 0.2) is 48.8 Å². The first-order valence-electron chi connectivity index (χ1n) is 6.41. The molecule has 3 nitrogen and oxygen atoms in total. The molecule has 0 amide bonds. The van der Waals surface area contributed by atoms with E-state index < -0.39 is 0 Å². The number of pyridine rings is 1. The molecule has 0 bridgehead atoms. The van der Waals surface area contributed by atoms with Crippen molar-refractivity contribution in [3.05, 3.63) is 65.5 Å². The highest BCUT2D eigenvalue weighted by Gasteiger charge is 2.05. The number of rotatable bonds is 5. The summed E-state index contributed by atoms with van der Waals surface area (Å²) in [6.45, 7) is 2.13. The number of carbonyl (C=O) groups excluding carboxylic acids is 1. The predicted molar refractivity (Wildman–Crippen MR) is 73.6 cm³/mol. The predicted octanol–water partition coefficient (Wildman–Crippen LogP) is 3.13. The summed E-state index contributed by atoms with van der Waals surface area (Å²) in [6, 6.07) is 12.0. The molecule has 0 aliphatic carbocycles. The molecule has 0 fully saturated rings. The number of nitrogens with zero attached hydrogens (tertiary/aromatic N) is 1. The molecule has 2 rings (SSSR count). The molecule has 1 heterocycles. The van der Waals surface area contributed by atoms with Crippen LogP contribution in [0.1, 0.15) is 30.0 Å². The molecule has 0 unspecified atom stereocenters. The summed E-state index contributed by atoms with van der Waals surface area (Å²) in [6.07, 6.45) is 4.83. The van der Waals surface area contributed by atoms with Crippen LogP contribution in [0, 0.1) is 0 Å². The molecule has 0 N–H and O–H groups in total. The van der Waals surface area contributed by atoms with Crippen LogP contribution in [0.3, 0.4) is 0 Å². The smallest absolute Gasteiger partial charge is 0.305 e. The Bertz CT molecular complexity index is 537. The largest absolute Gasteiger partial charge is 0.461 e. The fourth-order valence-corrected chi connectivity index (χ4v) is 1.85. The van der Waals surface area contributed by atoms with Crippen molar-refractivity contribution in [2.75, 3.05) is 0 Å². The third-order valence-corrected chi connectivity index (χ3v) is 2.91. The van der Waals surface area contributed by atoms with Crippen LogP contribution < -0.4 is 0 Å². The van der Waals surface area contributed by atoms with Crippen molar-refractivity contribution < 1.29 is 9.53 Å². The monoisotopic (exact) mass is 255 g/mol. The van der Waals surface area contributed by atoms with Crippen molar-refractivity contribution in [1.29, 1.82) is 0 Å². The molecular formula is C16H17NO2. The van der Waals surface area contributed by atoms with Crippen molar-refractivity contribution in [3.63, 3.8) is 0 Å². The van der Waals surface area contributed by atoms with Gasteiger partial charge in [-0.25, -0.2) is 0 Å². The van der Waals surface area contributed by atoms with Gasteiger partial charge in [-0.1, -0.05) is 37.3 Å². The summed E-state index contributed by atoms with van der Waals surface area (Å²) in [5.41, 5.74) is 3.37. The van der Waals surface area contributed by atoms with Crippen molar-refractivity contribution in [2.24, 2.45) is 0 Å². The van der Waals surface area contributed by atoms with Gasteiger partial charge in [0.2, 0.25) is 0 Å². The molecule has 1 aromatic carbocycles. The molecule has 0 saturated heterocycles. The van der Waals surface area contributed by atoms with Crippen molar-refractivity contribution in [1.82, 2.24) is 4.98 Å². The van der Waals surface area contributed by atoms with Gasteiger partial charge in [-0.05, 0) is 29.2 Å². The summed E-state index contributed by atoms with van der Waals surface area (Å²) in [4.78, 5) is 15.3. The van der Waals surface area contributed by atoms with Gasteiger partial charge in [0.15, 0.2) is 0 Å². The van der Waals surface area contributed by atoms with E-state index in [0.717, 1.165) is 17.5 Å². The Morgan fingerprint density at radius 1 is 1.16 bits per heavy atom. The lowest BCUT2D eigenvalue weighted by Crippen LogP contribution is -2.04. The van der Waals surface area contributed by atoms with Crippen LogP contribution in [0.4, 0.5) is 0 Å². The highest BCUT2D eigenvalue weighted by atomic mass is 16.5. The Morgan fingerprint density at radius 2 is 1.95 bits per heavy atom. The third-order valence-electron chi connectivity index (χ3n) is 2.91. The van der Waals surface area contributed by atoms with Crippen LogP contribution in [0.2, 0.25) is 0 Å². The Morgan fingerprint density at radius 3 is 2.63 bits per heavy atom. The number of carbonyl (C=O) groups is 1. The maximum atomic E-state index is 11.2. The zero-order chi connectivity index (χ0) is 13.5. The quantitative estimate of drug-likeness (QED) is 0.770. The van der Waals surface area contributed by atoms with Gasteiger partial charge >= 0.3 is 5.97 Å². The normalized spacial score (nSPS) is 10.2. The maximum absolute atomic E-state index is 11.2. The summed E-state index contributed by atoms with van der Waals surface area (Å²) in [5.74, 6) is -0.170. The minimum absolute atomic E-state index is 0.170. The number of aromatic nitrogens is 1. The first kappa shape index (κ1) is 13.3. The zero-order valence-corrected chi connectivity index (χ0v) is 11.0. The standard InChI is InChI=1S/C16H17NO2/c1-2-16(18)19-12-15-8-4-3-7-14(15)10-13-6-5-9-17-11-13/h3-9,11H,2,10,12H2,1H3. The van der Waals surface area contributed by atoms with Gasteiger partial charge in [-0.3, -0.25) is 9.78 Å². The minimum Gasteiger partial charge on any atom is -0.461 e. The molecule has 98 valence electrons. The number of hydrogen-bond donors (Lipinski definition) is 0. The summed E-state index contributed by atoms with van der Waals surface area (Å²) in [7, 11) is 0. The SMILES string of the molecule is CCC(=O)OCc1ccccc1Cc1cccnc1. The average molecular weight is 255 g/mol. The van der Waals surface area contributed by atoms with Gasteiger partial charge in [0.25, 0.3) is 0 Å². The molecule has 0 radical (unpaired) electrons. The van der Waals surface area contributed by atoms with E-state index in [0.29, 0.717) is 13.0 Å². The number of hydrogen-bond acceptors (Lipinski definition) is 3. The molecule has 0 atom stereocenters. The van der Waals surface area contributed by atoms with Crippen molar-refractivity contribution in [3.8, 4) is 0 Å². The highest BCUT2D eigenvalue weighted by Crippen LogP contribution is 2.15. The van der Waals surface area contributed by atoms with Crippen LogP contribution in [-0.2, 0) is 22.6 Å². The van der Waals surface area contributed by atoms with Gasteiger partial charge in [-0.2, -0.15) is 0 Å². The van der Waals surface area contributed by atoms with E-state index in [1.165, 1.54) is 5.56 Å². The Hall–Kier alpha value is -2.16. The van der Waals surface area contributed by atoms with Gasteiger partial charge in [0, 0.05) is 18.8 Å². The van der Waals surface area contributed by atoms with E-state index >= 15 is 0 Å². The van der Waals surface area contributed by atoms with E-state index in [1.54, 1.807) is 13.1 Å². The Labute approximate surface area is 113 Å². The number of benzene rings is 1. The first-order chi connectivity index (χ1) is 9.29. The average Bonchev–Trinajstić information content (AvgIpc) is 2.47. The van der Waals surface area contributed by atoms with Gasteiger partial charge < -0.3 is 4.74 Å². The lowest BCUT2D eigenvalue weighted by atomic mass is 10.0. The third kappa shape index (κ3) is 3.91. The lowest BCUT2D eigenvalue weighted by molar-refractivity contribution is -0.144. The topological polar surface area (TPSA) is 39.2 Å². The maximum Gasteiger partial charge on any atom is 0.305 e. The van der Waals surface area contributed by atoms with E-state index in [9.17, 15) is 4.79 Å². The van der Waals surface area contributed by atoms with Crippen LogP contribution >= 0.6 is 0 Å². The van der Waals surface area contributed by atoms with Crippen LogP contribution in [-0.4, -0.2) is 11.0 Å². The van der Waals surface area contributed by atoms with Crippen LogP contribution in [0.25, 0.3) is 0 Å². The second-order valence-electron chi connectivity index (χ2n) is 4.32. The number of ether oxygens (including phenoxy) is 1. The lowest BCUT2D eigenvalue weighted by Gasteiger charge is -2.09. The summed E-state index contributed by atoms with van der Waals surface area (Å²) >= 11 is 0. The Balaban J connectivity index is 2.10. The fraction of sp³-hybridized carbons (Fsp3) is 0.250. The van der Waals surface area contributed by atoms with E-state index in [1.807, 2.05) is 36.5 Å². The van der Waals surface area contributed by atoms with Gasteiger partial charge in [0.1, 0.15) is 6.61 Å². The molecule has 19 heavy (non-hydrogen) atoms. The minimum atomic E-state index is -0.170. The zero-order valence-electron chi connectivity index (χ0n) is 11.0. The van der Waals surface area contributed by atoms with E-state index in [4.69, 9.17) is 4.74 Å². The Kier molecular flexibility index (Phi) is 4.67. The molecule has 0 aliphatic heterocycles. The molecule has 0 spiro atoms. The molecule has 1 aromatic heterocycles. The molecule has 0 aliphatic rings. The van der Waals surface area contributed by atoms with Gasteiger partial charge in [0.05, 0.1) is 0 Å². The first-order valence-corrected chi connectivity index (χ1v) is 6.41. The molecule has 3 heteroatoms. The number of esters is 1. The highest BCUT2D eigenvalue weighted by molar-refractivity contribution is 5.68. The summed E-state index contributed by atoms with van der Waals surface area (Å²) < 4.78 is 5.20.